The summed E-state index contributed by atoms with van der Waals surface area (Å²) in [4.78, 5) is 5.66. The van der Waals surface area contributed by atoms with Crippen molar-refractivity contribution in [3.63, 3.8) is 0 Å². The van der Waals surface area contributed by atoms with Gasteiger partial charge in [-0.1, -0.05) is 17.9 Å². The zero-order chi connectivity index (χ0) is 22.4. The van der Waals surface area contributed by atoms with Crippen LogP contribution in [0, 0.1) is 18.3 Å². The number of nitriles is 1. The minimum Gasteiger partial charge on any atom is -0.470 e. The Morgan fingerprint density at radius 2 is 2.10 bits per heavy atom. The van der Waals surface area contributed by atoms with Crippen molar-refractivity contribution < 1.29 is 13.5 Å². The number of aryl methyl sites for hydroxylation is 1. The van der Waals surface area contributed by atoms with Crippen LogP contribution in [-0.4, -0.2) is 37.2 Å². The van der Waals surface area contributed by atoms with Crippen LogP contribution in [0.5, 0.6) is 5.88 Å². The minimum absolute atomic E-state index is 0.0654. The number of anilines is 1. The van der Waals surface area contributed by atoms with Crippen LogP contribution in [0.15, 0.2) is 54.9 Å². The van der Waals surface area contributed by atoms with E-state index in [0.29, 0.717) is 28.6 Å². The molecule has 0 amide bonds. The number of alkyl halides is 2. The number of halogens is 2. The Morgan fingerprint density at radius 3 is 2.68 bits per heavy atom. The molecule has 0 saturated carbocycles. The molecule has 0 aliphatic carbocycles. The van der Waals surface area contributed by atoms with Crippen molar-refractivity contribution in [2.24, 2.45) is 0 Å². The molecule has 9 nitrogen and oxygen atoms in total. The van der Waals surface area contributed by atoms with Crippen molar-refractivity contribution >= 4 is 5.82 Å². The number of hydrogen-bond acceptors (Lipinski definition) is 8. The molecule has 31 heavy (non-hydrogen) atoms. The molecular weight excluding hydrogens is 406 g/mol. The SMILES string of the molecule is C=C/C(C#N)=C\N(C)c1ccc(OCc2c(C)nnn2-c2ccc(C(F)F)cn2)nn1. The van der Waals surface area contributed by atoms with Crippen molar-refractivity contribution in [3.8, 4) is 17.8 Å². The van der Waals surface area contributed by atoms with E-state index in [-0.39, 0.29) is 18.1 Å². The van der Waals surface area contributed by atoms with Crippen LogP contribution in [0.3, 0.4) is 0 Å². The quantitative estimate of drug-likeness (QED) is 0.401. The second kappa shape index (κ2) is 9.53. The van der Waals surface area contributed by atoms with Gasteiger partial charge in [0, 0.05) is 31.1 Å². The monoisotopic (exact) mass is 424 g/mol. The largest absolute Gasteiger partial charge is 0.470 e. The maximum Gasteiger partial charge on any atom is 0.265 e. The molecule has 0 aliphatic rings. The van der Waals surface area contributed by atoms with Gasteiger partial charge >= 0.3 is 0 Å². The highest BCUT2D eigenvalue weighted by molar-refractivity contribution is 5.45. The number of nitrogens with zero attached hydrogens (tertiary/aromatic N) is 8. The summed E-state index contributed by atoms with van der Waals surface area (Å²) in [6, 6.07) is 8.05. The van der Waals surface area contributed by atoms with Gasteiger partial charge in [-0.15, -0.1) is 15.3 Å². The summed E-state index contributed by atoms with van der Waals surface area (Å²) in [5.74, 6) is 1.11. The van der Waals surface area contributed by atoms with Crippen molar-refractivity contribution in [1.29, 1.82) is 5.26 Å². The van der Waals surface area contributed by atoms with Crippen LogP contribution in [-0.2, 0) is 6.61 Å². The number of aromatic nitrogens is 6. The van der Waals surface area contributed by atoms with E-state index in [1.165, 1.54) is 22.9 Å². The highest BCUT2D eigenvalue weighted by Crippen LogP contribution is 2.20. The Kier molecular flexibility index (Phi) is 6.61. The first-order valence-electron chi connectivity index (χ1n) is 9.02. The molecule has 0 atom stereocenters. The summed E-state index contributed by atoms with van der Waals surface area (Å²) < 4.78 is 32.6. The van der Waals surface area contributed by atoms with E-state index in [2.05, 4.69) is 32.1 Å². The van der Waals surface area contributed by atoms with E-state index in [1.54, 1.807) is 37.2 Å². The Bertz CT molecular complexity index is 1120. The summed E-state index contributed by atoms with van der Waals surface area (Å²) in [6.07, 6.45) is 1.52. The molecule has 0 fully saturated rings. The fourth-order valence-electron chi connectivity index (χ4n) is 2.50. The van der Waals surface area contributed by atoms with Gasteiger partial charge in [0.15, 0.2) is 11.6 Å². The fraction of sp³-hybridized carbons (Fsp3) is 0.200. The third-order valence-electron chi connectivity index (χ3n) is 4.22. The second-order valence-corrected chi connectivity index (χ2v) is 6.31. The van der Waals surface area contributed by atoms with Crippen molar-refractivity contribution in [2.75, 3.05) is 11.9 Å². The van der Waals surface area contributed by atoms with Crippen LogP contribution < -0.4 is 9.64 Å². The van der Waals surface area contributed by atoms with Gasteiger partial charge in [-0.3, -0.25) is 0 Å². The third-order valence-corrected chi connectivity index (χ3v) is 4.22. The van der Waals surface area contributed by atoms with Crippen molar-refractivity contribution in [3.05, 3.63) is 71.8 Å². The summed E-state index contributed by atoms with van der Waals surface area (Å²) in [5, 5.41) is 25.1. The molecule has 0 N–H and O–H groups in total. The van der Waals surface area contributed by atoms with Gasteiger partial charge in [-0.2, -0.15) is 9.94 Å². The Morgan fingerprint density at radius 1 is 1.29 bits per heavy atom. The molecule has 0 bridgehead atoms. The first-order chi connectivity index (χ1) is 14.9. The summed E-state index contributed by atoms with van der Waals surface area (Å²) in [5.41, 5.74) is 1.40. The zero-order valence-corrected chi connectivity index (χ0v) is 16.8. The number of allylic oxidation sites excluding steroid dienone is 2. The number of rotatable bonds is 8. The van der Waals surface area contributed by atoms with E-state index in [4.69, 9.17) is 10.00 Å². The van der Waals surface area contributed by atoms with Gasteiger partial charge < -0.3 is 9.64 Å². The lowest BCUT2D eigenvalue weighted by Crippen LogP contribution is -2.12. The maximum absolute atomic E-state index is 12.7. The van der Waals surface area contributed by atoms with Gasteiger partial charge in [-0.25, -0.2) is 13.8 Å². The molecular formula is C20H18F2N8O. The Labute approximate surface area is 176 Å². The molecule has 3 heterocycles. The minimum atomic E-state index is -2.60. The van der Waals surface area contributed by atoms with Gasteiger partial charge in [0.2, 0.25) is 5.88 Å². The molecule has 3 aromatic heterocycles. The maximum atomic E-state index is 12.7. The molecule has 0 aromatic carbocycles. The van der Waals surface area contributed by atoms with Gasteiger partial charge in [0.25, 0.3) is 6.43 Å². The number of pyridine rings is 1. The first-order valence-corrected chi connectivity index (χ1v) is 9.02. The number of hydrogen-bond donors (Lipinski definition) is 0. The van der Waals surface area contributed by atoms with Crippen LogP contribution >= 0.6 is 0 Å². The lowest BCUT2D eigenvalue weighted by molar-refractivity contribution is 0.151. The topological polar surface area (TPSA) is 106 Å². The molecule has 0 aliphatic heterocycles. The van der Waals surface area contributed by atoms with E-state index < -0.39 is 6.43 Å². The fourth-order valence-corrected chi connectivity index (χ4v) is 2.50. The van der Waals surface area contributed by atoms with Crippen LogP contribution in [0.4, 0.5) is 14.6 Å². The molecule has 0 saturated heterocycles. The van der Waals surface area contributed by atoms with Crippen LogP contribution in [0.2, 0.25) is 0 Å². The normalized spacial score (nSPS) is 11.3. The van der Waals surface area contributed by atoms with Crippen LogP contribution in [0.1, 0.15) is 23.4 Å². The van der Waals surface area contributed by atoms with Crippen molar-refractivity contribution in [1.82, 2.24) is 30.2 Å². The summed E-state index contributed by atoms with van der Waals surface area (Å²) in [6.45, 7) is 5.38. The molecule has 0 radical (unpaired) electrons. The highest BCUT2D eigenvalue weighted by atomic mass is 19.3. The molecule has 158 valence electrons. The average Bonchev–Trinajstić information content (AvgIpc) is 3.16. The number of ether oxygens (including phenoxy) is 1. The molecule has 0 unspecified atom stereocenters. The zero-order valence-electron chi connectivity index (χ0n) is 16.8. The lowest BCUT2D eigenvalue weighted by Gasteiger charge is -2.13. The highest BCUT2D eigenvalue weighted by Gasteiger charge is 2.15. The summed E-state index contributed by atoms with van der Waals surface area (Å²) in [7, 11) is 1.73. The molecule has 11 heteroatoms. The third kappa shape index (κ3) is 5.05. The standard InChI is InChI=1S/C20H18F2N8O/c1-4-14(9-23)11-29(3)18-7-8-19(27-26-18)31-12-16-13(2)25-28-30(16)17-6-5-15(10-24-17)20(21)22/h4-8,10-11,20H,1,12H2,2-3H3/b14-11+. The van der Waals surface area contributed by atoms with E-state index >= 15 is 0 Å². The first kappa shape index (κ1) is 21.5. The summed E-state index contributed by atoms with van der Waals surface area (Å²) >= 11 is 0. The smallest absolute Gasteiger partial charge is 0.265 e. The van der Waals surface area contributed by atoms with Gasteiger partial charge in [-0.05, 0) is 25.1 Å². The predicted octanol–water partition coefficient (Wildman–Crippen LogP) is 3.31. The van der Waals surface area contributed by atoms with E-state index in [1.807, 2.05) is 6.07 Å². The van der Waals surface area contributed by atoms with E-state index in [0.717, 1.165) is 6.20 Å². The van der Waals surface area contributed by atoms with Gasteiger partial charge in [0.1, 0.15) is 18.4 Å². The lowest BCUT2D eigenvalue weighted by atomic mass is 10.3. The van der Waals surface area contributed by atoms with Crippen molar-refractivity contribution in [2.45, 2.75) is 20.0 Å². The Hall–Kier alpha value is -4.20. The molecule has 3 rings (SSSR count). The van der Waals surface area contributed by atoms with Crippen LogP contribution in [0.25, 0.3) is 5.82 Å². The second-order valence-electron chi connectivity index (χ2n) is 6.31. The Balaban J connectivity index is 1.72. The van der Waals surface area contributed by atoms with E-state index in [9.17, 15) is 8.78 Å². The molecule has 0 spiro atoms. The molecule has 3 aromatic rings. The predicted molar refractivity (Wildman–Crippen MR) is 108 cm³/mol. The van der Waals surface area contributed by atoms with Gasteiger partial charge in [0.05, 0.1) is 11.3 Å². The average molecular weight is 424 g/mol.